The lowest BCUT2D eigenvalue weighted by molar-refractivity contribution is -0.605. The highest BCUT2D eigenvalue weighted by Gasteiger charge is 2.09. The molecule has 128 valence electrons. The fourth-order valence-corrected chi connectivity index (χ4v) is 2.41. The van der Waals surface area contributed by atoms with Crippen LogP contribution in [0.3, 0.4) is 0 Å². The quantitative estimate of drug-likeness (QED) is 0.572. The van der Waals surface area contributed by atoms with Crippen LogP contribution in [0, 0.1) is 23.8 Å². The van der Waals surface area contributed by atoms with Crippen molar-refractivity contribution >= 4 is 5.82 Å². The van der Waals surface area contributed by atoms with Gasteiger partial charge in [-0.25, -0.2) is 18.7 Å². The normalized spacial score (nSPS) is 10.7. The third-order valence-electron chi connectivity index (χ3n) is 3.59. The number of nitrogens with zero attached hydrogens (tertiary/aromatic N) is 3. The Morgan fingerprint density at radius 1 is 1.12 bits per heavy atom. The van der Waals surface area contributed by atoms with Gasteiger partial charge in [0.2, 0.25) is 0 Å². The topological polar surface area (TPSA) is 64.8 Å². The molecule has 3 rings (SSSR count). The first-order valence-electron chi connectivity index (χ1n) is 7.74. The van der Waals surface area contributed by atoms with Crippen LogP contribution >= 0.6 is 0 Å². The number of rotatable bonds is 5. The Morgan fingerprint density at radius 2 is 1.96 bits per heavy atom. The first-order chi connectivity index (χ1) is 12.0. The van der Waals surface area contributed by atoms with Gasteiger partial charge in [-0.2, -0.15) is 4.73 Å². The van der Waals surface area contributed by atoms with E-state index >= 15 is 0 Å². The van der Waals surface area contributed by atoms with Crippen LogP contribution in [0.25, 0.3) is 11.4 Å². The van der Waals surface area contributed by atoms with Crippen LogP contribution < -0.4 is 10.0 Å². The molecular weight excluding hydrogens is 326 g/mol. The molecule has 1 aromatic carbocycles. The summed E-state index contributed by atoms with van der Waals surface area (Å²) in [5, 5.41) is 14.4. The second kappa shape index (κ2) is 7.21. The first-order valence-corrected chi connectivity index (χ1v) is 7.74. The molecule has 0 saturated heterocycles. The molecule has 0 aliphatic heterocycles. The monoisotopic (exact) mass is 342 g/mol. The van der Waals surface area contributed by atoms with E-state index in [2.05, 4.69) is 15.3 Å². The number of aryl methyl sites for hydroxylation is 1. The lowest BCUT2D eigenvalue weighted by Gasteiger charge is -2.09. The maximum absolute atomic E-state index is 13.4. The highest BCUT2D eigenvalue weighted by Crippen LogP contribution is 2.20. The van der Waals surface area contributed by atoms with Crippen molar-refractivity contribution in [2.24, 2.45) is 0 Å². The fraction of sp³-hybridized carbons (Fsp3) is 0.167. The van der Waals surface area contributed by atoms with Crippen LogP contribution in [0.4, 0.5) is 14.6 Å². The van der Waals surface area contributed by atoms with Gasteiger partial charge >= 0.3 is 0 Å². The molecular formula is C18H16F2N4O. The molecule has 0 spiro atoms. The highest BCUT2D eigenvalue weighted by molar-refractivity contribution is 5.57. The minimum absolute atomic E-state index is 0.318. The Kier molecular flexibility index (Phi) is 4.83. The van der Waals surface area contributed by atoms with Crippen molar-refractivity contribution < 1.29 is 13.5 Å². The molecule has 0 fully saturated rings. The van der Waals surface area contributed by atoms with Gasteiger partial charge in [-0.1, -0.05) is 0 Å². The van der Waals surface area contributed by atoms with E-state index in [4.69, 9.17) is 0 Å². The second-order valence-electron chi connectivity index (χ2n) is 5.60. The SMILES string of the molecule is Cc1cc(NCCc2ccc[n+]([O-])c2)nc(-c2ccc(F)c(F)c2)n1. The van der Waals surface area contributed by atoms with Crippen molar-refractivity contribution in [1.82, 2.24) is 9.97 Å². The molecule has 0 unspecified atom stereocenters. The summed E-state index contributed by atoms with van der Waals surface area (Å²) < 4.78 is 27.2. The lowest BCUT2D eigenvalue weighted by atomic mass is 10.2. The minimum Gasteiger partial charge on any atom is -0.619 e. The summed E-state index contributed by atoms with van der Waals surface area (Å²) in [6, 6.07) is 8.89. The number of anilines is 1. The Morgan fingerprint density at radius 3 is 2.72 bits per heavy atom. The largest absolute Gasteiger partial charge is 0.619 e. The van der Waals surface area contributed by atoms with Crippen molar-refractivity contribution in [3.05, 3.63) is 76.9 Å². The summed E-state index contributed by atoms with van der Waals surface area (Å²) in [6.07, 6.45) is 3.59. The number of hydrogen-bond acceptors (Lipinski definition) is 4. The highest BCUT2D eigenvalue weighted by atomic mass is 19.2. The van der Waals surface area contributed by atoms with Gasteiger partial charge in [0.15, 0.2) is 29.9 Å². The van der Waals surface area contributed by atoms with Crippen molar-refractivity contribution in [2.75, 3.05) is 11.9 Å². The van der Waals surface area contributed by atoms with E-state index in [0.717, 1.165) is 22.4 Å². The van der Waals surface area contributed by atoms with E-state index in [1.54, 1.807) is 19.1 Å². The number of pyridine rings is 1. The third-order valence-corrected chi connectivity index (χ3v) is 3.59. The summed E-state index contributed by atoms with van der Waals surface area (Å²) >= 11 is 0. The van der Waals surface area contributed by atoms with E-state index in [1.807, 2.05) is 6.07 Å². The average Bonchev–Trinajstić information content (AvgIpc) is 2.57. The minimum atomic E-state index is -0.938. The summed E-state index contributed by atoms with van der Waals surface area (Å²) in [5.41, 5.74) is 2.01. The van der Waals surface area contributed by atoms with Gasteiger partial charge in [0.25, 0.3) is 0 Å². The van der Waals surface area contributed by atoms with Gasteiger partial charge < -0.3 is 10.5 Å². The van der Waals surface area contributed by atoms with Crippen LogP contribution in [0.15, 0.2) is 48.8 Å². The molecule has 3 aromatic rings. The maximum atomic E-state index is 13.4. The molecule has 0 saturated carbocycles. The lowest BCUT2D eigenvalue weighted by Crippen LogP contribution is -2.25. The van der Waals surface area contributed by atoms with E-state index in [-0.39, 0.29) is 0 Å². The van der Waals surface area contributed by atoms with Crippen LogP contribution in [0.5, 0.6) is 0 Å². The molecule has 0 atom stereocenters. The molecule has 7 heteroatoms. The zero-order chi connectivity index (χ0) is 17.8. The van der Waals surface area contributed by atoms with Crippen LogP contribution in [-0.2, 0) is 6.42 Å². The second-order valence-corrected chi connectivity index (χ2v) is 5.60. The average molecular weight is 342 g/mol. The van der Waals surface area contributed by atoms with Crippen LogP contribution in [0.2, 0.25) is 0 Å². The smallest absolute Gasteiger partial charge is 0.183 e. The summed E-state index contributed by atoms with van der Waals surface area (Å²) in [5.74, 6) is -0.947. The maximum Gasteiger partial charge on any atom is 0.183 e. The Bertz CT molecular complexity index is 902. The van der Waals surface area contributed by atoms with Gasteiger partial charge in [-0.3, -0.25) is 0 Å². The molecule has 25 heavy (non-hydrogen) atoms. The number of nitrogens with one attached hydrogen (secondary N) is 1. The van der Waals surface area contributed by atoms with E-state index in [0.29, 0.717) is 35.9 Å². The Labute approximate surface area is 143 Å². The number of halogens is 2. The molecule has 0 bridgehead atoms. The molecule has 2 aromatic heterocycles. The zero-order valence-corrected chi connectivity index (χ0v) is 13.5. The molecule has 0 aliphatic rings. The van der Waals surface area contributed by atoms with E-state index < -0.39 is 11.6 Å². The van der Waals surface area contributed by atoms with E-state index in [9.17, 15) is 14.0 Å². The molecule has 0 radical (unpaired) electrons. The van der Waals surface area contributed by atoms with Gasteiger partial charge in [-0.05, 0) is 37.6 Å². The zero-order valence-electron chi connectivity index (χ0n) is 13.5. The predicted octanol–water partition coefficient (Wildman–Crippen LogP) is 3.02. The Hall–Kier alpha value is -3.09. The van der Waals surface area contributed by atoms with Crippen molar-refractivity contribution in [1.29, 1.82) is 0 Å². The Balaban J connectivity index is 1.74. The molecule has 2 heterocycles. The van der Waals surface area contributed by atoms with Gasteiger partial charge in [-0.15, -0.1) is 0 Å². The number of aromatic nitrogens is 3. The predicted molar refractivity (Wildman–Crippen MR) is 89.7 cm³/mol. The number of hydrogen-bond donors (Lipinski definition) is 1. The molecule has 5 nitrogen and oxygen atoms in total. The first kappa shape index (κ1) is 16.8. The van der Waals surface area contributed by atoms with E-state index in [1.165, 1.54) is 18.5 Å². The molecule has 0 aliphatic carbocycles. The molecule has 0 amide bonds. The van der Waals surface area contributed by atoms with Crippen LogP contribution in [0.1, 0.15) is 11.3 Å². The van der Waals surface area contributed by atoms with Gasteiger partial charge in [0, 0.05) is 35.5 Å². The third kappa shape index (κ3) is 4.26. The summed E-state index contributed by atoms with van der Waals surface area (Å²) in [6.45, 7) is 2.37. The fourth-order valence-electron chi connectivity index (χ4n) is 2.41. The summed E-state index contributed by atoms with van der Waals surface area (Å²) in [7, 11) is 0. The van der Waals surface area contributed by atoms with Crippen molar-refractivity contribution in [3.63, 3.8) is 0 Å². The summed E-state index contributed by atoms with van der Waals surface area (Å²) in [4.78, 5) is 8.61. The van der Waals surface area contributed by atoms with Gasteiger partial charge in [0.05, 0.1) is 0 Å². The van der Waals surface area contributed by atoms with Crippen molar-refractivity contribution in [2.45, 2.75) is 13.3 Å². The molecule has 1 N–H and O–H groups in total. The van der Waals surface area contributed by atoms with Crippen molar-refractivity contribution in [3.8, 4) is 11.4 Å². The van der Waals surface area contributed by atoms with Crippen LogP contribution in [-0.4, -0.2) is 16.5 Å². The van der Waals surface area contributed by atoms with Gasteiger partial charge in [0.1, 0.15) is 5.82 Å². The standard InChI is InChI=1S/C18H16F2N4O/c1-12-9-17(21-7-6-13-3-2-8-24(25)11-13)23-18(22-12)14-4-5-15(19)16(20)10-14/h2-5,8-11H,6-7H2,1H3,(H,21,22,23). The number of benzene rings is 1.